The van der Waals surface area contributed by atoms with Crippen LogP contribution in [0.4, 0.5) is 0 Å². The van der Waals surface area contributed by atoms with E-state index in [4.69, 9.17) is 4.74 Å². The van der Waals surface area contributed by atoms with Crippen LogP contribution in [0.2, 0.25) is 0 Å². The zero-order valence-corrected chi connectivity index (χ0v) is 10.4. The lowest BCUT2D eigenvalue weighted by molar-refractivity contribution is -0.122. The van der Waals surface area contributed by atoms with E-state index < -0.39 is 0 Å². The summed E-state index contributed by atoms with van der Waals surface area (Å²) in [4.78, 5) is 16.2. The summed E-state index contributed by atoms with van der Waals surface area (Å²) in [6.45, 7) is 6.33. The van der Waals surface area contributed by atoms with Crippen LogP contribution in [-0.2, 0) is 22.5 Å². The van der Waals surface area contributed by atoms with Gasteiger partial charge in [-0.2, -0.15) is 5.10 Å². The first-order chi connectivity index (χ1) is 8.16. The van der Waals surface area contributed by atoms with Crippen LogP contribution in [0.5, 0.6) is 0 Å². The number of Topliss-reactive ketones (excluding diaryl/α,β-unsaturated/α-hetero) is 1. The Balaban J connectivity index is 1.97. The van der Waals surface area contributed by atoms with E-state index in [9.17, 15) is 4.79 Å². The molecule has 0 amide bonds. The molecule has 1 fully saturated rings. The van der Waals surface area contributed by atoms with Crippen molar-refractivity contribution in [1.29, 1.82) is 0 Å². The molecule has 0 bridgehead atoms. The molecule has 5 heteroatoms. The van der Waals surface area contributed by atoms with Gasteiger partial charge in [0.05, 0.1) is 13.0 Å². The molecule has 5 nitrogen and oxygen atoms in total. The number of hydrogen-bond donors (Lipinski definition) is 0. The molecule has 1 aliphatic rings. The molecule has 0 saturated carbocycles. The van der Waals surface area contributed by atoms with Crippen molar-refractivity contribution < 1.29 is 9.53 Å². The molecule has 1 aromatic heterocycles. The maximum atomic E-state index is 12.0. The van der Waals surface area contributed by atoms with Crippen LogP contribution < -0.4 is 0 Å². The van der Waals surface area contributed by atoms with Gasteiger partial charge in [0.1, 0.15) is 17.9 Å². The quantitative estimate of drug-likeness (QED) is 0.769. The lowest BCUT2D eigenvalue weighted by atomic mass is 10.0. The Bertz CT molecular complexity index is 381. The smallest absolute Gasteiger partial charge is 0.145 e. The van der Waals surface area contributed by atoms with Gasteiger partial charge in [-0.1, -0.05) is 13.8 Å². The molecular formula is C12H19N3O2. The minimum atomic E-state index is 0.0548. The lowest BCUT2D eigenvalue weighted by Crippen LogP contribution is -2.20. The Morgan fingerprint density at radius 3 is 3.12 bits per heavy atom. The van der Waals surface area contributed by atoms with Crippen LogP contribution in [-0.4, -0.2) is 33.8 Å². The van der Waals surface area contributed by atoms with E-state index in [0.29, 0.717) is 25.6 Å². The molecule has 0 radical (unpaired) electrons. The molecule has 1 aromatic rings. The molecule has 1 saturated heterocycles. The molecule has 0 spiro atoms. The Morgan fingerprint density at radius 1 is 1.65 bits per heavy atom. The van der Waals surface area contributed by atoms with Crippen LogP contribution >= 0.6 is 0 Å². The standard InChI is InChI=1S/C12H19N3O2/c1-9(2)6-15-12(13-8-14-15)5-11(16)10-3-4-17-7-10/h8-10H,3-7H2,1-2H3. The fourth-order valence-corrected chi connectivity index (χ4v) is 2.01. The summed E-state index contributed by atoms with van der Waals surface area (Å²) in [7, 11) is 0. The van der Waals surface area contributed by atoms with Gasteiger partial charge in [0.25, 0.3) is 0 Å². The van der Waals surface area contributed by atoms with E-state index in [1.54, 1.807) is 0 Å². The second kappa shape index (κ2) is 5.40. The van der Waals surface area contributed by atoms with Gasteiger partial charge in [-0.25, -0.2) is 9.67 Å². The van der Waals surface area contributed by atoms with Gasteiger partial charge in [-0.3, -0.25) is 4.79 Å². The highest BCUT2D eigenvalue weighted by atomic mass is 16.5. The average molecular weight is 237 g/mol. The van der Waals surface area contributed by atoms with Crippen LogP contribution in [0.15, 0.2) is 6.33 Å². The van der Waals surface area contributed by atoms with Crippen molar-refractivity contribution in [2.45, 2.75) is 33.2 Å². The fraction of sp³-hybridized carbons (Fsp3) is 0.750. The first-order valence-electron chi connectivity index (χ1n) is 6.14. The van der Waals surface area contributed by atoms with Crippen molar-refractivity contribution in [2.24, 2.45) is 11.8 Å². The maximum Gasteiger partial charge on any atom is 0.145 e. The van der Waals surface area contributed by atoms with Gasteiger partial charge in [-0.05, 0) is 12.3 Å². The monoisotopic (exact) mass is 237 g/mol. The van der Waals surface area contributed by atoms with E-state index in [0.717, 1.165) is 18.8 Å². The van der Waals surface area contributed by atoms with Gasteiger partial charge < -0.3 is 4.74 Å². The van der Waals surface area contributed by atoms with Crippen LogP contribution in [0.3, 0.4) is 0 Å². The SMILES string of the molecule is CC(C)Cn1ncnc1CC(=O)C1CCOC1. The molecule has 94 valence electrons. The number of ether oxygens (including phenoxy) is 1. The summed E-state index contributed by atoms with van der Waals surface area (Å²) in [6.07, 6.45) is 2.74. The van der Waals surface area contributed by atoms with Crippen molar-refractivity contribution in [2.75, 3.05) is 13.2 Å². The molecular weight excluding hydrogens is 218 g/mol. The highest BCUT2D eigenvalue weighted by Gasteiger charge is 2.24. The fourth-order valence-electron chi connectivity index (χ4n) is 2.01. The van der Waals surface area contributed by atoms with Gasteiger partial charge in [0.2, 0.25) is 0 Å². The highest BCUT2D eigenvalue weighted by Crippen LogP contribution is 2.15. The highest BCUT2D eigenvalue weighted by molar-refractivity contribution is 5.82. The number of aromatic nitrogens is 3. The van der Waals surface area contributed by atoms with Crippen molar-refractivity contribution in [3.05, 3.63) is 12.2 Å². The summed E-state index contributed by atoms with van der Waals surface area (Å²) < 4.78 is 7.06. The zero-order chi connectivity index (χ0) is 12.3. The molecule has 1 aliphatic heterocycles. The Morgan fingerprint density at radius 2 is 2.47 bits per heavy atom. The lowest BCUT2D eigenvalue weighted by Gasteiger charge is -2.09. The molecule has 0 N–H and O–H groups in total. The molecule has 0 aliphatic carbocycles. The normalized spacial score (nSPS) is 20.1. The predicted octanol–water partition coefficient (Wildman–Crippen LogP) is 1.08. The minimum Gasteiger partial charge on any atom is -0.381 e. The van der Waals surface area contributed by atoms with Crippen molar-refractivity contribution >= 4 is 5.78 Å². The summed E-state index contributed by atoms with van der Waals surface area (Å²) in [5.41, 5.74) is 0. The first-order valence-corrected chi connectivity index (χ1v) is 6.14. The molecule has 1 unspecified atom stereocenters. The number of carbonyl (C=O) groups is 1. The summed E-state index contributed by atoms with van der Waals surface area (Å²) in [5, 5.41) is 4.16. The van der Waals surface area contributed by atoms with Gasteiger partial charge >= 0.3 is 0 Å². The molecule has 0 aromatic carbocycles. The largest absolute Gasteiger partial charge is 0.381 e. The second-order valence-electron chi connectivity index (χ2n) is 4.96. The van der Waals surface area contributed by atoms with Crippen LogP contribution in [0, 0.1) is 11.8 Å². The van der Waals surface area contributed by atoms with E-state index in [1.807, 2.05) is 4.68 Å². The topological polar surface area (TPSA) is 57.0 Å². The Labute approximate surface area is 101 Å². The third kappa shape index (κ3) is 3.12. The van der Waals surface area contributed by atoms with Crippen molar-refractivity contribution in [3.8, 4) is 0 Å². The predicted molar refractivity (Wildman–Crippen MR) is 62.5 cm³/mol. The van der Waals surface area contributed by atoms with Crippen molar-refractivity contribution in [3.63, 3.8) is 0 Å². The van der Waals surface area contributed by atoms with E-state index >= 15 is 0 Å². The number of nitrogens with zero attached hydrogens (tertiary/aromatic N) is 3. The zero-order valence-electron chi connectivity index (χ0n) is 10.4. The van der Waals surface area contributed by atoms with E-state index in [1.165, 1.54) is 6.33 Å². The van der Waals surface area contributed by atoms with Gasteiger partial charge in [-0.15, -0.1) is 0 Å². The average Bonchev–Trinajstić information content (AvgIpc) is 2.89. The third-order valence-electron chi connectivity index (χ3n) is 2.95. The van der Waals surface area contributed by atoms with E-state index in [-0.39, 0.29) is 11.7 Å². The van der Waals surface area contributed by atoms with Crippen molar-refractivity contribution in [1.82, 2.24) is 14.8 Å². The molecule has 1 atom stereocenters. The number of hydrogen-bond acceptors (Lipinski definition) is 4. The van der Waals surface area contributed by atoms with Gasteiger partial charge in [0.15, 0.2) is 0 Å². The van der Waals surface area contributed by atoms with Crippen LogP contribution in [0.1, 0.15) is 26.1 Å². The minimum absolute atomic E-state index is 0.0548. The number of carbonyl (C=O) groups excluding carboxylic acids is 1. The number of rotatable bonds is 5. The number of ketones is 1. The molecule has 2 heterocycles. The molecule has 17 heavy (non-hydrogen) atoms. The second-order valence-corrected chi connectivity index (χ2v) is 4.96. The van der Waals surface area contributed by atoms with Gasteiger partial charge in [0, 0.05) is 19.1 Å². The first kappa shape index (κ1) is 12.2. The maximum absolute atomic E-state index is 12.0. The Hall–Kier alpha value is -1.23. The van der Waals surface area contributed by atoms with Crippen LogP contribution in [0.25, 0.3) is 0 Å². The summed E-state index contributed by atoms with van der Waals surface area (Å²) in [5.74, 6) is 1.55. The summed E-state index contributed by atoms with van der Waals surface area (Å²) in [6, 6.07) is 0. The van der Waals surface area contributed by atoms with E-state index in [2.05, 4.69) is 23.9 Å². The molecule has 2 rings (SSSR count). The summed E-state index contributed by atoms with van der Waals surface area (Å²) >= 11 is 0. The third-order valence-corrected chi connectivity index (χ3v) is 2.95. The Kier molecular flexibility index (Phi) is 3.89.